The number of alkyl halides is 3. The van der Waals surface area contributed by atoms with Gasteiger partial charge in [-0.15, -0.1) is 13.2 Å². The molecule has 6 nitrogen and oxygen atoms in total. The summed E-state index contributed by atoms with van der Waals surface area (Å²) in [4.78, 5) is 12.5. The number of benzene rings is 2. The third-order valence-corrected chi connectivity index (χ3v) is 7.00. The Balaban J connectivity index is 1.53. The van der Waals surface area contributed by atoms with Crippen molar-refractivity contribution >= 4 is 21.6 Å². The number of carbonyl (C=O) groups excluding carboxylic acids is 1. The molecular formula is C21H23F3N2O4S. The largest absolute Gasteiger partial charge is 0.573 e. The monoisotopic (exact) mass is 456 g/mol. The van der Waals surface area contributed by atoms with E-state index in [2.05, 4.69) is 10.1 Å². The number of ether oxygens (including phenoxy) is 1. The van der Waals surface area contributed by atoms with Gasteiger partial charge in [0.15, 0.2) is 0 Å². The van der Waals surface area contributed by atoms with E-state index >= 15 is 0 Å². The fraction of sp³-hybridized carbons (Fsp3) is 0.381. The van der Waals surface area contributed by atoms with Gasteiger partial charge in [-0.25, -0.2) is 12.7 Å². The second-order valence-electron chi connectivity index (χ2n) is 7.42. The number of hydrogen-bond donors (Lipinski definition) is 1. The molecule has 0 aliphatic carbocycles. The number of halogens is 3. The van der Waals surface area contributed by atoms with E-state index in [0.717, 1.165) is 23.3 Å². The van der Waals surface area contributed by atoms with Crippen LogP contribution in [0.25, 0.3) is 0 Å². The van der Waals surface area contributed by atoms with E-state index in [1.807, 2.05) is 19.1 Å². The fourth-order valence-electron chi connectivity index (χ4n) is 3.44. The molecule has 1 aliphatic rings. The third kappa shape index (κ3) is 6.44. The molecule has 1 fully saturated rings. The number of carbonyl (C=O) groups is 1. The first-order valence-electron chi connectivity index (χ1n) is 9.72. The van der Waals surface area contributed by atoms with Crippen LogP contribution in [-0.2, 0) is 20.6 Å². The Morgan fingerprint density at radius 3 is 2.29 bits per heavy atom. The molecular weight excluding hydrogens is 433 g/mol. The van der Waals surface area contributed by atoms with Gasteiger partial charge < -0.3 is 10.1 Å². The lowest BCUT2D eigenvalue weighted by Crippen LogP contribution is -2.41. The van der Waals surface area contributed by atoms with Crippen molar-refractivity contribution in [3.05, 3.63) is 59.7 Å². The SMILES string of the molecule is Cc1ccccc1CS(=O)(=O)N1CCC(C(=O)Nc2ccc(OC(F)(F)F)cc2)CC1. The topological polar surface area (TPSA) is 75.7 Å². The molecule has 3 rings (SSSR count). The molecule has 0 radical (unpaired) electrons. The molecule has 2 aromatic carbocycles. The molecule has 1 aliphatic heterocycles. The lowest BCUT2D eigenvalue weighted by Gasteiger charge is -2.30. The average Bonchev–Trinajstić information content (AvgIpc) is 2.70. The summed E-state index contributed by atoms with van der Waals surface area (Å²) in [6, 6.07) is 12.2. The van der Waals surface area contributed by atoms with Crippen LogP contribution in [-0.4, -0.2) is 38.1 Å². The highest BCUT2D eigenvalue weighted by atomic mass is 32.2. The first-order chi connectivity index (χ1) is 14.5. The zero-order chi connectivity index (χ0) is 22.6. The standard InChI is InChI=1S/C21H23F3N2O4S/c1-15-4-2-3-5-17(15)14-31(28,29)26-12-10-16(11-13-26)20(27)25-18-6-8-19(9-7-18)30-21(22,23)24/h2-9,16H,10-14H2,1H3,(H,25,27). The first kappa shape index (κ1) is 23.1. The Labute approximate surface area is 179 Å². The zero-order valence-electron chi connectivity index (χ0n) is 16.9. The van der Waals surface area contributed by atoms with Crippen LogP contribution in [0, 0.1) is 12.8 Å². The Bertz CT molecular complexity index is 1020. The Morgan fingerprint density at radius 2 is 1.71 bits per heavy atom. The maximum atomic E-state index is 12.7. The molecule has 0 unspecified atom stereocenters. The number of anilines is 1. The molecule has 0 atom stereocenters. The van der Waals surface area contributed by atoms with Crippen molar-refractivity contribution in [3.8, 4) is 5.75 Å². The van der Waals surface area contributed by atoms with E-state index in [-0.39, 0.29) is 36.4 Å². The summed E-state index contributed by atoms with van der Waals surface area (Å²) in [5.41, 5.74) is 2.00. The van der Waals surface area contributed by atoms with Crippen LogP contribution in [0.2, 0.25) is 0 Å². The molecule has 2 aromatic rings. The van der Waals surface area contributed by atoms with Crippen molar-refractivity contribution in [3.63, 3.8) is 0 Å². The summed E-state index contributed by atoms with van der Waals surface area (Å²) in [5.74, 6) is -1.13. The van der Waals surface area contributed by atoms with Gasteiger partial charge in [0.1, 0.15) is 5.75 Å². The Kier molecular flexibility index (Phi) is 6.90. The summed E-state index contributed by atoms with van der Waals surface area (Å²) in [7, 11) is -3.49. The number of rotatable bonds is 6. The summed E-state index contributed by atoms with van der Waals surface area (Å²) in [5, 5.41) is 2.66. The zero-order valence-corrected chi connectivity index (χ0v) is 17.7. The van der Waals surface area contributed by atoms with Crippen molar-refractivity contribution in [1.82, 2.24) is 4.31 Å². The van der Waals surface area contributed by atoms with Crippen molar-refractivity contribution in [1.29, 1.82) is 0 Å². The van der Waals surface area contributed by atoms with E-state index in [9.17, 15) is 26.4 Å². The van der Waals surface area contributed by atoms with E-state index in [1.165, 1.54) is 16.4 Å². The molecule has 0 spiro atoms. The minimum absolute atomic E-state index is 0.0805. The highest BCUT2D eigenvalue weighted by Crippen LogP contribution is 2.26. The van der Waals surface area contributed by atoms with E-state index in [1.54, 1.807) is 12.1 Å². The number of nitrogens with zero attached hydrogens (tertiary/aromatic N) is 1. The van der Waals surface area contributed by atoms with Crippen LogP contribution in [0.4, 0.5) is 18.9 Å². The Hall–Kier alpha value is -2.59. The van der Waals surface area contributed by atoms with Gasteiger partial charge >= 0.3 is 6.36 Å². The van der Waals surface area contributed by atoms with E-state index in [0.29, 0.717) is 18.5 Å². The summed E-state index contributed by atoms with van der Waals surface area (Å²) in [6.45, 7) is 2.35. The lowest BCUT2D eigenvalue weighted by molar-refractivity contribution is -0.274. The minimum atomic E-state index is -4.78. The van der Waals surface area contributed by atoms with Crippen LogP contribution in [0.1, 0.15) is 24.0 Å². The number of hydrogen-bond acceptors (Lipinski definition) is 4. The molecule has 0 bridgehead atoms. The van der Waals surface area contributed by atoms with E-state index in [4.69, 9.17) is 0 Å². The van der Waals surface area contributed by atoms with E-state index < -0.39 is 16.4 Å². The van der Waals surface area contributed by atoms with Gasteiger partial charge in [-0.2, -0.15) is 0 Å². The number of nitrogens with one attached hydrogen (secondary N) is 1. The van der Waals surface area contributed by atoms with Crippen molar-refractivity contribution < 1.29 is 31.1 Å². The smallest absolute Gasteiger partial charge is 0.406 e. The summed E-state index contributed by atoms with van der Waals surface area (Å²) >= 11 is 0. The second-order valence-corrected chi connectivity index (χ2v) is 9.39. The number of amides is 1. The first-order valence-corrected chi connectivity index (χ1v) is 11.3. The average molecular weight is 456 g/mol. The molecule has 1 saturated heterocycles. The van der Waals surface area contributed by atoms with Crippen LogP contribution in [0.3, 0.4) is 0 Å². The summed E-state index contributed by atoms with van der Waals surface area (Å²) < 4.78 is 67.3. The minimum Gasteiger partial charge on any atom is -0.406 e. The second kappa shape index (κ2) is 9.27. The Morgan fingerprint density at radius 1 is 1.10 bits per heavy atom. The van der Waals surface area contributed by atoms with Gasteiger partial charge in [-0.1, -0.05) is 24.3 Å². The predicted molar refractivity (Wildman–Crippen MR) is 110 cm³/mol. The number of piperidine rings is 1. The van der Waals surface area contributed by atoms with Crippen LogP contribution >= 0.6 is 0 Å². The molecule has 1 amide bonds. The van der Waals surface area contributed by atoms with Crippen molar-refractivity contribution in [2.75, 3.05) is 18.4 Å². The normalized spacial score (nSPS) is 16.1. The predicted octanol–water partition coefficient (Wildman–Crippen LogP) is 4.07. The number of sulfonamides is 1. The molecule has 168 valence electrons. The van der Waals surface area contributed by atoms with Gasteiger partial charge in [-0.05, 0) is 55.2 Å². The molecule has 1 heterocycles. The summed E-state index contributed by atoms with van der Waals surface area (Å²) in [6.07, 6.45) is -4.04. The third-order valence-electron chi connectivity index (χ3n) is 5.17. The fourth-order valence-corrected chi connectivity index (χ4v) is 5.11. The van der Waals surface area contributed by atoms with Gasteiger partial charge in [-0.3, -0.25) is 4.79 Å². The highest BCUT2D eigenvalue weighted by Gasteiger charge is 2.32. The quantitative estimate of drug-likeness (QED) is 0.711. The maximum Gasteiger partial charge on any atom is 0.573 e. The van der Waals surface area contributed by atoms with Crippen LogP contribution in [0.5, 0.6) is 5.75 Å². The number of aryl methyl sites for hydroxylation is 1. The van der Waals surface area contributed by atoms with Gasteiger partial charge in [0, 0.05) is 24.7 Å². The lowest BCUT2D eigenvalue weighted by atomic mass is 9.97. The van der Waals surface area contributed by atoms with Gasteiger partial charge in [0.25, 0.3) is 0 Å². The van der Waals surface area contributed by atoms with Crippen LogP contribution in [0.15, 0.2) is 48.5 Å². The molecule has 0 saturated carbocycles. The van der Waals surface area contributed by atoms with Gasteiger partial charge in [0.05, 0.1) is 5.75 Å². The van der Waals surface area contributed by atoms with Crippen molar-refractivity contribution in [2.45, 2.75) is 31.9 Å². The maximum absolute atomic E-state index is 12.7. The molecule has 0 aromatic heterocycles. The molecule has 31 heavy (non-hydrogen) atoms. The van der Waals surface area contributed by atoms with Crippen molar-refractivity contribution in [2.24, 2.45) is 5.92 Å². The highest BCUT2D eigenvalue weighted by molar-refractivity contribution is 7.88. The van der Waals surface area contributed by atoms with Gasteiger partial charge in [0.2, 0.25) is 15.9 Å². The van der Waals surface area contributed by atoms with Crippen LogP contribution < -0.4 is 10.1 Å². The molecule has 10 heteroatoms. The molecule has 1 N–H and O–H groups in total.